The van der Waals surface area contributed by atoms with Gasteiger partial charge in [-0.3, -0.25) is 4.79 Å². The van der Waals surface area contributed by atoms with E-state index in [9.17, 15) is 14.4 Å². The number of hydrogen-bond acceptors (Lipinski definition) is 6. The van der Waals surface area contributed by atoms with Gasteiger partial charge in [0, 0.05) is 36.5 Å². The summed E-state index contributed by atoms with van der Waals surface area (Å²) >= 11 is 0. The fourth-order valence-electron chi connectivity index (χ4n) is 7.53. The molecule has 0 radical (unpaired) electrons. The van der Waals surface area contributed by atoms with Gasteiger partial charge in [-0.15, -0.1) is 0 Å². The first-order valence-electron chi connectivity index (χ1n) is 12.4. The van der Waals surface area contributed by atoms with Crippen LogP contribution in [0.4, 0.5) is 0 Å². The van der Waals surface area contributed by atoms with Gasteiger partial charge >= 0.3 is 17.9 Å². The average Bonchev–Trinajstić information content (AvgIpc) is 3.07. The molecule has 3 fully saturated rings. The minimum absolute atomic E-state index is 0.111. The molecule has 1 saturated heterocycles. The van der Waals surface area contributed by atoms with Crippen molar-refractivity contribution in [1.29, 1.82) is 0 Å². The van der Waals surface area contributed by atoms with E-state index in [1.165, 1.54) is 32.3 Å². The Kier molecular flexibility index (Phi) is 6.25. The third-order valence-corrected chi connectivity index (χ3v) is 9.01. The van der Waals surface area contributed by atoms with Crippen molar-refractivity contribution < 1.29 is 28.6 Å². The third kappa shape index (κ3) is 4.50. The van der Waals surface area contributed by atoms with E-state index >= 15 is 0 Å². The van der Waals surface area contributed by atoms with Crippen LogP contribution < -0.4 is 0 Å². The van der Waals surface area contributed by atoms with Crippen LogP contribution in [0.3, 0.4) is 0 Å². The van der Waals surface area contributed by atoms with Crippen LogP contribution in [0.25, 0.3) is 0 Å². The molecule has 4 rings (SSSR count). The molecular formula is C27H38O6. The van der Waals surface area contributed by atoms with E-state index in [2.05, 4.69) is 27.7 Å². The summed E-state index contributed by atoms with van der Waals surface area (Å²) in [7, 11) is 0. The van der Waals surface area contributed by atoms with Crippen LogP contribution in [-0.2, 0) is 28.6 Å². The molecule has 6 nitrogen and oxygen atoms in total. The number of fused-ring (bicyclic) bond motifs is 3. The number of rotatable bonds is 4. The van der Waals surface area contributed by atoms with Crippen LogP contribution in [0.15, 0.2) is 23.3 Å². The van der Waals surface area contributed by atoms with Gasteiger partial charge in [-0.1, -0.05) is 33.3 Å². The summed E-state index contributed by atoms with van der Waals surface area (Å²) in [6.45, 7) is 10.8. The molecule has 0 bridgehead atoms. The summed E-state index contributed by atoms with van der Waals surface area (Å²) in [5, 5.41) is 0. The highest BCUT2D eigenvalue weighted by molar-refractivity contribution is 5.89. The molecule has 2 heterocycles. The first-order chi connectivity index (χ1) is 15.4. The van der Waals surface area contributed by atoms with Crippen LogP contribution in [-0.4, -0.2) is 36.2 Å². The van der Waals surface area contributed by atoms with Gasteiger partial charge in [-0.05, 0) is 62.2 Å². The monoisotopic (exact) mass is 458 g/mol. The molecule has 4 aliphatic rings. The van der Waals surface area contributed by atoms with Crippen LogP contribution in [0.1, 0.15) is 86.0 Å². The van der Waals surface area contributed by atoms with Gasteiger partial charge in [0.05, 0.1) is 0 Å². The molecule has 0 aromatic carbocycles. The lowest BCUT2D eigenvalue weighted by Crippen LogP contribution is -2.58. The minimum Gasteiger partial charge on any atom is -0.458 e. The number of carbonyl (C=O) groups is 3. The summed E-state index contributed by atoms with van der Waals surface area (Å²) in [5.74, 6) is -0.156. The highest BCUT2D eigenvalue weighted by Crippen LogP contribution is 2.64. The van der Waals surface area contributed by atoms with Gasteiger partial charge in [0.1, 0.15) is 18.3 Å². The van der Waals surface area contributed by atoms with Crippen LogP contribution in [0, 0.1) is 22.7 Å². The fourth-order valence-corrected chi connectivity index (χ4v) is 7.53. The van der Waals surface area contributed by atoms with Crippen LogP contribution >= 0.6 is 0 Å². The molecule has 0 aromatic heterocycles. The number of cyclic esters (lactones) is 1. The van der Waals surface area contributed by atoms with Crippen molar-refractivity contribution in [3.63, 3.8) is 0 Å². The zero-order valence-electron chi connectivity index (χ0n) is 20.7. The molecule has 0 aromatic rings. The van der Waals surface area contributed by atoms with E-state index in [1.807, 2.05) is 6.08 Å². The Hall–Kier alpha value is -2.11. The average molecular weight is 459 g/mol. The Balaban J connectivity index is 1.56. The summed E-state index contributed by atoms with van der Waals surface area (Å²) < 4.78 is 16.7. The van der Waals surface area contributed by atoms with Crippen molar-refractivity contribution in [1.82, 2.24) is 0 Å². The van der Waals surface area contributed by atoms with Crippen LogP contribution in [0.5, 0.6) is 0 Å². The summed E-state index contributed by atoms with van der Waals surface area (Å²) in [6.07, 6.45) is 10.2. The van der Waals surface area contributed by atoms with Gasteiger partial charge in [-0.25, -0.2) is 9.59 Å². The van der Waals surface area contributed by atoms with E-state index in [-0.39, 0.29) is 18.0 Å². The molecule has 0 unspecified atom stereocenters. The molecular weight excluding hydrogens is 420 g/mol. The smallest absolute Gasteiger partial charge is 0.334 e. The second-order valence-corrected chi connectivity index (χ2v) is 11.6. The number of carbonyl (C=O) groups excluding carboxylic acids is 3. The molecule has 2 aliphatic heterocycles. The predicted octanol–water partition coefficient (Wildman–Crippen LogP) is 5.06. The summed E-state index contributed by atoms with van der Waals surface area (Å²) in [4.78, 5) is 36.3. The Bertz CT molecular complexity index is 898. The lowest BCUT2D eigenvalue weighted by molar-refractivity contribution is -0.193. The molecule has 0 spiro atoms. The van der Waals surface area contributed by atoms with Crippen molar-refractivity contribution in [2.45, 2.75) is 97.7 Å². The number of ether oxygens (including phenoxy) is 3. The first-order valence-corrected chi connectivity index (χ1v) is 12.4. The van der Waals surface area contributed by atoms with Gasteiger partial charge in [0.2, 0.25) is 0 Å². The molecule has 33 heavy (non-hydrogen) atoms. The van der Waals surface area contributed by atoms with Crippen molar-refractivity contribution >= 4 is 17.9 Å². The highest BCUT2D eigenvalue weighted by Gasteiger charge is 2.60. The molecule has 6 heteroatoms. The predicted molar refractivity (Wildman–Crippen MR) is 123 cm³/mol. The van der Waals surface area contributed by atoms with E-state index in [0.29, 0.717) is 41.2 Å². The van der Waals surface area contributed by atoms with E-state index in [0.717, 1.165) is 19.3 Å². The highest BCUT2D eigenvalue weighted by atomic mass is 16.6. The maximum absolute atomic E-state index is 13.2. The van der Waals surface area contributed by atoms with E-state index < -0.39 is 23.6 Å². The first kappa shape index (κ1) is 24.0. The molecule has 2 aliphatic carbocycles. The van der Waals surface area contributed by atoms with Crippen molar-refractivity contribution in [3.05, 3.63) is 23.3 Å². The largest absolute Gasteiger partial charge is 0.458 e. The molecule has 0 N–H and O–H groups in total. The normalized spacial score (nSPS) is 37.7. The van der Waals surface area contributed by atoms with Crippen molar-refractivity contribution in [2.75, 3.05) is 6.61 Å². The molecule has 5 atom stereocenters. The standard InChI is InChI=1S/C27H38O6/c1-17(28)32-20(19-15-23(29)31-16-19)9-7-18-8-10-22-26(4)13-6-12-25(2,3)21(26)11-14-27(22,5)33-24(18)30/h7,15,20-22H,6,8-14,16H2,1-5H3/b18-7-/t20-,21+,22-,26+,27-/m1/s1. The molecule has 2 saturated carbocycles. The second kappa shape index (κ2) is 8.59. The Morgan fingerprint density at radius 2 is 1.91 bits per heavy atom. The molecule has 182 valence electrons. The fraction of sp³-hybridized carbons (Fsp3) is 0.741. The van der Waals surface area contributed by atoms with Crippen molar-refractivity contribution in [2.24, 2.45) is 22.7 Å². The van der Waals surface area contributed by atoms with Gasteiger partial charge in [-0.2, -0.15) is 0 Å². The van der Waals surface area contributed by atoms with Gasteiger partial charge in [0.25, 0.3) is 0 Å². The van der Waals surface area contributed by atoms with Crippen molar-refractivity contribution in [3.8, 4) is 0 Å². The Morgan fingerprint density at radius 1 is 1.15 bits per heavy atom. The lowest BCUT2D eigenvalue weighted by Gasteiger charge is -2.61. The van der Waals surface area contributed by atoms with E-state index in [1.54, 1.807) is 0 Å². The lowest BCUT2D eigenvalue weighted by atomic mass is 9.45. The summed E-state index contributed by atoms with van der Waals surface area (Å²) in [5.41, 5.74) is 1.29. The Morgan fingerprint density at radius 3 is 2.58 bits per heavy atom. The van der Waals surface area contributed by atoms with Crippen LogP contribution in [0.2, 0.25) is 0 Å². The number of esters is 3. The zero-order chi connectivity index (χ0) is 24.0. The zero-order valence-corrected chi connectivity index (χ0v) is 20.7. The van der Waals surface area contributed by atoms with Gasteiger partial charge in [0.15, 0.2) is 0 Å². The summed E-state index contributed by atoms with van der Waals surface area (Å²) in [6, 6.07) is 0. The Labute approximate surface area is 197 Å². The SMILES string of the molecule is CC(=O)O[C@H](C/C=C1/CC[C@@H]2[C@@]3(C)CCCC(C)(C)[C@@H]3CC[C@@]2(C)OC1=O)C1=CC(=O)OC1. The third-order valence-electron chi connectivity index (χ3n) is 9.01. The maximum Gasteiger partial charge on any atom is 0.334 e. The minimum atomic E-state index is -0.614. The second-order valence-electron chi connectivity index (χ2n) is 11.6. The van der Waals surface area contributed by atoms with E-state index in [4.69, 9.17) is 14.2 Å². The van der Waals surface area contributed by atoms with Gasteiger partial charge < -0.3 is 14.2 Å². The topological polar surface area (TPSA) is 78.9 Å². The molecule has 0 amide bonds. The quantitative estimate of drug-likeness (QED) is 0.333. The maximum atomic E-state index is 13.2. The number of hydrogen-bond donors (Lipinski definition) is 0.